The zero-order valence-electron chi connectivity index (χ0n) is 9.89. The van der Waals surface area contributed by atoms with E-state index in [1.54, 1.807) is 24.6 Å². The summed E-state index contributed by atoms with van der Waals surface area (Å²) in [7, 11) is 1.61. The molecule has 0 fully saturated rings. The molecule has 96 valence electrons. The van der Waals surface area contributed by atoms with Crippen molar-refractivity contribution < 1.29 is 4.74 Å². The summed E-state index contributed by atoms with van der Waals surface area (Å²) in [6.45, 7) is 0. The van der Waals surface area contributed by atoms with Gasteiger partial charge in [-0.05, 0) is 33.4 Å². The molecule has 4 nitrogen and oxygen atoms in total. The molecule has 0 spiro atoms. The van der Waals surface area contributed by atoms with Crippen molar-refractivity contribution in [1.82, 2.24) is 10.4 Å². The van der Waals surface area contributed by atoms with Gasteiger partial charge in [-0.3, -0.25) is 11.3 Å². The van der Waals surface area contributed by atoms with Crippen LogP contribution in [0.1, 0.15) is 16.5 Å². The third-order valence-electron chi connectivity index (χ3n) is 2.65. The zero-order chi connectivity index (χ0) is 13.0. The summed E-state index contributed by atoms with van der Waals surface area (Å²) in [6, 6.07) is 5.86. The molecule has 6 heteroatoms. The zero-order valence-corrected chi connectivity index (χ0v) is 12.3. The number of aromatic nitrogens is 1. The van der Waals surface area contributed by atoms with Gasteiger partial charge in [0.05, 0.1) is 13.2 Å². The minimum atomic E-state index is -0.0244. The number of ether oxygens (including phenoxy) is 1. The van der Waals surface area contributed by atoms with Crippen LogP contribution in [0.3, 0.4) is 0 Å². The molecule has 0 saturated heterocycles. The molecule has 1 atom stereocenters. The van der Waals surface area contributed by atoms with E-state index in [2.05, 4.69) is 26.3 Å². The van der Waals surface area contributed by atoms with Gasteiger partial charge in [0.25, 0.3) is 0 Å². The highest BCUT2D eigenvalue weighted by molar-refractivity contribution is 9.10. The maximum atomic E-state index is 5.65. The standard InChI is InChI=1S/C12H14BrN3OS/c1-17-12-8(3-2-5-15-12)10(16-14)7-11-9(13)4-6-18-11/h2-6,10,16H,7,14H2,1H3. The molecule has 2 rings (SSSR count). The van der Waals surface area contributed by atoms with Crippen molar-refractivity contribution in [2.45, 2.75) is 12.5 Å². The smallest absolute Gasteiger partial charge is 0.217 e. The van der Waals surface area contributed by atoms with Crippen LogP contribution in [0.25, 0.3) is 0 Å². The largest absolute Gasteiger partial charge is 0.481 e. The third kappa shape index (κ3) is 2.89. The van der Waals surface area contributed by atoms with Crippen LogP contribution in [0, 0.1) is 0 Å². The van der Waals surface area contributed by atoms with E-state index in [-0.39, 0.29) is 6.04 Å². The van der Waals surface area contributed by atoms with Gasteiger partial charge in [-0.15, -0.1) is 11.3 Å². The number of hydrazine groups is 1. The van der Waals surface area contributed by atoms with Crippen LogP contribution in [0.2, 0.25) is 0 Å². The second-order valence-corrected chi connectivity index (χ2v) is 5.57. The lowest BCUT2D eigenvalue weighted by Crippen LogP contribution is -2.29. The lowest BCUT2D eigenvalue weighted by molar-refractivity contribution is 0.382. The van der Waals surface area contributed by atoms with Crippen molar-refractivity contribution in [2.24, 2.45) is 5.84 Å². The number of methoxy groups -OCH3 is 1. The number of nitrogens with zero attached hydrogens (tertiary/aromatic N) is 1. The fraction of sp³-hybridized carbons (Fsp3) is 0.250. The minimum Gasteiger partial charge on any atom is -0.481 e. The lowest BCUT2D eigenvalue weighted by Gasteiger charge is -2.17. The van der Waals surface area contributed by atoms with Gasteiger partial charge in [-0.2, -0.15) is 0 Å². The summed E-state index contributed by atoms with van der Waals surface area (Å²) in [5, 5.41) is 2.05. The molecular weight excluding hydrogens is 314 g/mol. The summed E-state index contributed by atoms with van der Waals surface area (Å²) in [6.07, 6.45) is 2.49. The molecule has 2 aromatic rings. The van der Waals surface area contributed by atoms with E-state index in [4.69, 9.17) is 10.6 Å². The average molecular weight is 328 g/mol. The number of rotatable bonds is 5. The number of nitrogens with one attached hydrogen (secondary N) is 1. The normalized spacial score (nSPS) is 12.4. The summed E-state index contributed by atoms with van der Waals surface area (Å²) in [5.74, 6) is 6.26. The van der Waals surface area contributed by atoms with Crippen molar-refractivity contribution in [3.8, 4) is 5.88 Å². The van der Waals surface area contributed by atoms with Crippen LogP contribution in [0.5, 0.6) is 5.88 Å². The summed E-state index contributed by atoms with van der Waals surface area (Å²) in [4.78, 5) is 5.43. The number of nitrogens with two attached hydrogens (primary N) is 1. The Morgan fingerprint density at radius 1 is 1.56 bits per heavy atom. The highest BCUT2D eigenvalue weighted by Gasteiger charge is 2.17. The highest BCUT2D eigenvalue weighted by atomic mass is 79.9. The molecule has 3 N–H and O–H groups in total. The van der Waals surface area contributed by atoms with Crippen LogP contribution < -0.4 is 16.0 Å². The molecule has 18 heavy (non-hydrogen) atoms. The molecule has 0 bridgehead atoms. The number of thiophene rings is 1. The minimum absolute atomic E-state index is 0.0244. The monoisotopic (exact) mass is 327 g/mol. The number of halogens is 1. The van der Waals surface area contributed by atoms with E-state index in [0.29, 0.717) is 5.88 Å². The van der Waals surface area contributed by atoms with E-state index >= 15 is 0 Å². The second-order valence-electron chi connectivity index (χ2n) is 3.72. The summed E-state index contributed by atoms with van der Waals surface area (Å²) >= 11 is 5.22. The van der Waals surface area contributed by atoms with Gasteiger partial charge in [-0.25, -0.2) is 4.98 Å². The Bertz CT molecular complexity index is 518. The molecule has 0 radical (unpaired) electrons. The van der Waals surface area contributed by atoms with Crippen LogP contribution in [0.15, 0.2) is 34.2 Å². The molecule has 2 heterocycles. The quantitative estimate of drug-likeness (QED) is 0.654. The van der Waals surface area contributed by atoms with Crippen molar-refractivity contribution in [1.29, 1.82) is 0 Å². The molecule has 2 aromatic heterocycles. The van der Waals surface area contributed by atoms with E-state index in [1.807, 2.05) is 23.6 Å². The fourth-order valence-corrected chi connectivity index (χ4v) is 3.32. The van der Waals surface area contributed by atoms with Crippen LogP contribution in [0.4, 0.5) is 0 Å². The average Bonchev–Trinajstić information content (AvgIpc) is 2.81. The van der Waals surface area contributed by atoms with Crippen LogP contribution >= 0.6 is 27.3 Å². The molecule has 0 aliphatic carbocycles. The number of hydrogen-bond acceptors (Lipinski definition) is 5. The molecule has 0 aliphatic rings. The Hall–Kier alpha value is -0.950. The summed E-state index contributed by atoms with van der Waals surface area (Å²) in [5.41, 5.74) is 3.79. The maximum Gasteiger partial charge on any atom is 0.217 e. The van der Waals surface area contributed by atoms with E-state index in [0.717, 1.165) is 16.5 Å². The first-order chi connectivity index (χ1) is 8.76. The van der Waals surface area contributed by atoms with Crippen LogP contribution in [-0.2, 0) is 6.42 Å². The van der Waals surface area contributed by atoms with Gasteiger partial charge in [0.1, 0.15) is 0 Å². The lowest BCUT2D eigenvalue weighted by atomic mass is 10.1. The predicted octanol–water partition coefficient (Wildman–Crippen LogP) is 2.66. The van der Waals surface area contributed by atoms with Crippen molar-refractivity contribution in [3.05, 3.63) is 44.7 Å². The Morgan fingerprint density at radius 3 is 3.00 bits per heavy atom. The first-order valence-corrected chi connectivity index (χ1v) is 7.10. The maximum absolute atomic E-state index is 5.65. The highest BCUT2D eigenvalue weighted by Crippen LogP contribution is 2.30. The molecule has 0 aromatic carbocycles. The molecular formula is C12H14BrN3OS. The third-order valence-corrected chi connectivity index (χ3v) is 4.60. The molecule has 0 amide bonds. The number of pyridine rings is 1. The van der Waals surface area contributed by atoms with Gasteiger partial charge in [0, 0.05) is 27.5 Å². The van der Waals surface area contributed by atoms with Gasteiger partial charge in [0.2, 0.25) is 5.88 Å². The molecule has 1 unspecified atom stereocenters. The van der Waals surface area contributed by atoms with Gasteiger partial charge in [0.15, 0.2) is 0 Å². The van der Waals surface area contributed by atoms with E-state index in [1.165, 1.54) is 4.88 Å². The Labute approximate surface area is 118 Å². The van der Waals surface area contributed by atoms with E-state index < -0.39 is 0 Å². The van der Waals surface area contributed by atoms with Gasteiger partial charge >= 0.3 is 0 Å². The van der Waals surface area contributed by atoms with Crippen molar-refractivity contribution in [3.63, 3.8) is 0 Å². The summed E-state index contributed by atoms with van der Waals surface area (Å²) < 4.78 is 6.37. The van der Waals surface area contributed by atoms with Gasteiger partial charge in [-0.1, -0.05) is 6.07 Å². The Morgan fingerprint density at radius 2 is 2.39 bits per heavy atom. The topological polar surface area (TPSA) is 60.2 Å². The molecule has 0 aliphatic heterocycles. The second kappa shape index (κ2) is 6.29. The molecule has 0 saturated carbocycles. The van der Waals surface area contributed by atoms with Crippen LogP contribution in [-0.4, -0.2) is 12.1 Å². The Kier molecular flexibility index (Phi) is 4.71. The first-order valence-electron chi connectivity index (χ1n) is 5.43. The predicted molar refractivity (Wildman–Crippen MR) is 76.6 cm³/mol. The Balaban J connectivity index is 2.25. The van der Waals surface area contributed by atoms with Gasteiger partial charge < -0.3 is 4.74 Å². The SMILES string of the molecule is COc1ncccc1C(Cc1sccc1Br)NN. The first kappa shape index (κ1) is 13.5. The van der Waals surface area contributed by atoms with E-state index in [9.17, 15) is 0 Å². The number of hydrogen-bond donors (Lipinski definition) is 2. The van der Waals surface area contributed by atoms with Crippen molar-refractivity contribution in [2.75, 3.05) is 7.11 Å². The fourth-order valence-electron chi connectivity index (χ4n) is 1.75. The van der Waals surface area contributed by atoms with Crippen molar-refractivity contribution >= 4 is 27.3 Å².